The van der Waals surface area contributed by atoms with Gasteiger partial charge < -0.3 is 10.6 Å². The first-order chi connectivity index (χ1) is 11.3. The zero-order valence-corrected chi connectivity index (χ0v) is 15.0. The Kier molecular flexibility index (Phi) is 5.98. The largest absolute Gasteiger partial charge is 0.398 e. The Labute approximate surface area is 142 Å². The molecule has 0 saturated carbocycles. The van der Waals surface area contributed by atoms with Gasteiger partial charge in [-0.05, 0) is 44.5 Å². The first-order valence-corrected chi connectivity index (χ1v) is 10.0. The summed E-state index contributed by atoms with van der Waals surface area (Å²) < 4.78 is 38.2. The molecule has 0 aliphatic carbocycles. The molecule has 0 bridgehead atoms. The molecule has 7 heteroatoms. The molecular weight excluding hydrogens is 331 g/mol. The van der Waals surface area contributed by atoms with Gasteiger partial charge in [-0.3, -0.25) is 4.79 Å². The average Bonchev–Trinajstić information content (AvgIpc) is 2.99. The number of nitrogens with two attached hydrogens (primary N) is 1. The number of anilines is 1. The molecule has 0 amide bonds. The molecule has 1 fully saturated rings. The monoisotopic (exact) mass is 356 g/mol. The van der Waals surface area contributed by atoms with Crippen LogP contribution in [0.2, 0.25) is 0 Å². The Balaban J connectivity index is 2.19. The van der Waals surface area contributed by atoms with Gasteiger partial charge in [-0.15, -0.1) is 0 Å². The Hall–Kier alpha value is -1.47. The number of nitrogens with zero attached hydrogens (tertiary/aromatic N) is 1. The van der Waals surface area contributed by atoms with E-state index in [-0.39, 0.29) is 34.1 Å². The van der Waals surface area contributed by atoms with Crippen molar-refractivity contribution in [2.45, 2.75) is 50.5 Å². The lowest BCUT2D eigenvalue weighted by Crippen LogP contribution is -2.29. The Morgan fingerprint density at radius 2 is 2.08 bits per heavy atom. The van der Waals surface area contributed by atoms with Crippen LogP contribution >= 0.6 is 0 Å². The number of likely N-dealkylation sites (tertiary alicyclic amines) is 1. The number of hydrogen-bond donors (Lipinski definition) is 1. The zero-order chi connectivity index (χ0) is 17.9. The van der Waals surface area contributed by atoms with Crippen LogP contribution < -0.4 is 5.73 Å². The van der Waals surface area contributed by atoms with Gasteiger partial charge in [0.25, 0.3) is 0 Å². The van der Waals surface area contributed by atoms with Crippen LogP contribution in [0.3, 0.4) is 0 Å². The van der Waals surface area contributed by atoms with E-state index in [1.807, 2.05) is 0 Å². The standard InChI is InChI=1S/C17H25FN2O3S/c1-3-20-9-5-6-12(20)7-8-16(21)13-10-17(24(22,23)4-2)15(19)11-14(13)18/h10-12H,3-9,19H2,1-2H3. The van der Waals surface area contributed by atoms with Gasteiger partial charge in [-0.1, -0.05) is 13.8 Å². The fourth-order valence-corrected chi connectivity index (χ4v) is 4.30. The summed E-state index contributed by atoms with van der Waals surface area (Å²) in [6, 6.07) is 2.37. The van der Waals surface area contributed by atoms with E-state index in [9.17, 15) is 17.6 Å². The summed E-state index contributed by atoms with van der Waals surface area (Å²) in [5, 5.41) is 0. The van der Waals surface area contributed by atoms with Crippen LogP contribution in [-0.4, -0.2) is 44.0 Å². The maximum atomic E-state index is 14.1. The van der Waals surface area contributed by atoms with E-state index in [0.717, 1.165) is 38.1 Å². The van der Waals surface area contributed by atoms with Crippen LogP contribution in [0.5, 0.6) is 0 Å². The third-order valence-corrected chi connectivity index (χ3v) is 6.51. The maximum Gasteiger partial charge on any atom is 0.180 e. The van der Waals surface area contributed by atoms with Crippen LogP contribution in [0, 0.1) is 5.82 Å². The van der Waals surface area contributed by atoms with Crippen molar-refractivity contribution in [1.29, 1.82) is 0 Å². The summed E-state index contributed by atoms with van der Waals surface area (Å²) in [6.07, 6.45) is 3.02. The highest BCUT2D eigenvalue weighted by molar-refractivity contribution is 7.91. The van der Waals surface area contributed by atoms with Gasteiger partial charge in [-0.25, -0.2) is 12.8 Å². The molecule has 1 saturated heterocycles. The van der Waals surface area contributed by atoms with Crippen LogP contribution in [-0.2, 0) is 9.84 Å². The van der Waals surface area contributed by atoms with E-state index in [1.54, 1.807) is 0 Å². The molecule has 2 N–H and O–H groups in total. The molecule has 134 valence electrons. The van der Waals surface area contributed by atoms with Crippen molar-refractivity contribution in [3.05, 3.63) is 23.5 Å². The highest BCUT2D eigenvalue weighted by atomic mass is 32.2. The number of Topliss-reactive ketones (excluding diaryl/α,β-unsaturated/α-hetero) is 1. The average molecular weight is 356 g/mol. The molecule has 5 nitrogen and oxygen atoms in total. The molecule has 1 unspecified atom stereocenters. The number of carbonyl (C=O) groups is 1. The van der Waals surface area contributed by atoms with Gasteiger partial charge >= 0.3 is 0 Å². The molecule has 1 atom stereocenters. The fourth-order valence-electron chi connectivity index (χ4n) is 3.28. The zero-order valence-electron chi connectivity index (χ0n) is 14.2. The molecule has 0 radical (unpaired) electrons. The van der Waals surface area contributed by atoms with Crippen LogP contribution in [0.25, 0.3) is 0 Å². The van der Waals surface area contributed by atoms with Gasteiger partial charge in [-0.2, -0.15) is 0 Å². The highest BCUT2D eigenvalue weighted by Crippen LogP contribution is 2.26. The van der Waals surface area contributed by atoms with Crippen molar-refractivity contribution >= 4 is 21.3 Å². The van der Waals surface area contributed by atoms with E-state index in [0.29, 0.717) is 12.5 Å². The van der Waals surface area contributed by atoms with Crippen molar-refractivity contribution < 1.29 is 17.6 Å². The summed E-state index contributed by atoms with van der Waals surface area (Å²) in [4.78, 5) is 14.6. The van der Waals surface area contributed by atoms with E-state index in [4.69, 9.17) is 5.73 Å². The maximum absolute atomic E-state index is 14.1. The van der Waals surface area contributed by atoms with E-state index in [2.05, 4.69) is 11.8 Å². The van der Waals surface area contributed by atoms with Gasteiger partial charge in [0.2, 0.25) is 0 Å². The molecule has 0 aromatic heterocycles. The predicted molar refractivity (Wildman–Crippen MR) is 92.4 cm³/mol. The van der Waals surface area contributed by atoms with Crippen LogP contribution in [0.4, 0.5) is 10.1 Å². The molecule has 1 aliphatic heterocycles. The normalized spacial score (nSPS) is 18.9. The minimum absolute atomic E-state index is 0.149. The van der Waals surface area contributed by atoms with Crippen molar-refractivity contribution in [3.63, 3.8) is 0 Å². The number of rotatable bonds is 7. The summed E-state index contributed by atoms with van der Waals surface area (Å²) in [7, 11) is -3.60. The van der Waals surface area contributed by atoms with Crippen LogP contribution in [0.1, 0.15) is 49.9 Å². The third-order valence-electron chi connectivity index (χ3n) is 4.72. The number of halogens is 1. The third kappa shape index (κ3) is 3.95. The number of benzene rings is 1. The van der Waals surface area contributed by atoms with Crippen molar-refractivity contribution in [1.82, 2.24) is 4.90 Å². The lowest BCUT2D eigenvalue weighted by molar-refractivity contribution is 0.0964. The lowest BCUT2D eigenvalue weighted by Gasteiger charge is -2.22. The Bertz CT molecular complexity index is 719. The lowest BCUT2D eigenvalue weighted by atomic mass is 10.0. The number of carbonyl (C=O) groups excluding carboxylic acids is 1. The first kappa shape index (κ1) is 18.9. The first-order valence-electron chi connectivity index (χ1n) is 8.39. The molecule has 1 aromatic carbocycles. The number of nitrogen functional groups attached to an aromatic ring is 1. The van der Waals surface area contributed by atoms with E-state index >= 15 is 0 Å². The van der Waals surface area contributed by atoms with Crippen molar-refractivity contribution in [3.8, 4) is 0 Å². The summed E-state index contributed by atoms with van der Waals surface area (Å²) in [6.45, 7) is 5.54. The quantitative estimate of drug-likeness (QED) is 0.461. The van der Waals surface area contributed by atoms with E-state index < -0.39 is 15.7 Å². The molecule has 1 aromatic rings. The van der Waals surface area contributed by atoms with Crippen molar-refractivity contribution in [2.24, 2.45) is 0 Å². The fraction of sp³-hybridized carbons (Fsp3) is 0.588. The summed E-state index contributed by atoms with van der Waals surface area (Å²) in [5.41, 5.74) is 5.29. The highest BCUT2D eigenvalue weighted by Gasteiger charge is 2.25. The molecule has 24 heavy (non-hydrogen) atoms. The van der Waals surface area contributed by atoms with Crippen LogP contribution in [0.15, 0.2) is 17.0 Å². The molecule has 1 heterocycles. The molecule has 1 aliphatic rings. The Morgan fingerprint density at radius 3 is 2.71 bits per heavy atom. The minimum Gasteiger partial charge on any atom is -0.398 e. The second-order valence-electron chi connectivity index (χ2n) is 6.16. The topological polar surface area (TPSA) is 80.5 Å². The number of ketones is 1. The van der Waals surface area contributed by atoms with Crippen molar-refractivity contribution in [2.75, 3.05) is 24.6 Å². The van der Waals surface area contributed by atoms with Gasteiger partial charge in [0, 0.05) is 12.5 Å². The van der Waals surface area contributed by atoms with Gasteiger partial charge in [0.05, 0.1) is 21.9 Å². The summed E-state index contributed by atoms with van der Waals surface area (Å²) in [5.74, 6) is -1.28. The SMILES string of the molecule is CCN1CCCC1CCC(=O)c1cc(S(=O)(=O)CC)c(N)cc1F. The van der Waals surface area contributed by atoms with E-state index in [1.165, 1.54) is 6.92 Å². The smallest absolute Gasteiger partial charge is 0.180 e. The molecular formula is C17H25FN2O3S. The number of sulfone groups is 1. The predicted octanol–water partition coefficient (Wildman–Crippen LogP) is 2.65. The van der Waals surface area contributed by atoms with Gasteiger partial charge in [0.1, 0.15) is 5.82 Å². The number of hydrogen-bond acceptors (Lipinski definition) is 5. The second-order valence-corrected chi connectivity index (χ2v) is 8.41. The molecule has 2 rings (SSSR count). The second kappa shape index (κ2) is 7.61. The Morgan fingerprint density at radius 1 is 1.38 bits per heavy atom. The van der Waals surface area contributed by atoms with Gasteiger partial charge in [0.15, 0.2) is 15.6 Å². The minimum atomic E-state index is -3.60. The molecule has 0 spiro atoms. The summed E-state index contributed by atoms with van der Waals surface area (Å²) >= 11 is 0.